The molecule has 0 amide bonds. The van der Waals surface area contributed by atoms with Crippen molar-refractivity contribution in [2.45, 2.75) is 31.3 Å². The molecule has 2 atom stereocenters. The number of benzene rings is 1. The number of hydrogen-bond donors (Lipinski definition) is 1. The van der Waals surface area contributed by atoms with Crippen molar-refractivity contribution >= 4 is 11.9 Å². The number of Topliss-reactive ketones (excluding diaryl/α,β-unsaturated/α-hetero) is 1. The summed E-state index contributed by atoms with van der Waals surface area (Å²) >= 11 is 0. The van der Waals surface area contributed by atoms with E-state index in [4.69, 9.17) is 0 Å². The van der Waals surface area contributed by atoms with E-state index in [-0.39, 0.29) is 17.6 Å². The molecule has 2 heterocycles. The molecule has 0 aliphatic carbocycles. The van der Waals surface area contributed by atoms with E-state index in [1.165, 1.54) is 0 Å². The zero-order chi connectivity index (χ0) is 14.1. The highest BCUT2D eigenvalue weighted by molar-refractivity contribution is 5.99. The lowest BCUT2D eigenvalue weighted by Crippen LogP contribution is -2.42. The summed E-state index contributed by atoms with van der Waals surface area (Å²) in [5.41, 5.74) is 1.61. The van der Waals surface area contributed by atoms with Crippen LogP contribution in [0.3, 0.4) is 0 Å². The summed E-state index contributed by atoms with van der Waals surface area (Å²) in [6, 6.07) is 10.2. The summed E-state index contributed by atoms with van der Waals surface area (Å²) in [7, 11) is 2.04. The first kappa shape index (κ1) is 13.1. The van der Waals surface area contributed by atoms with E-state index in [2.05, 4.69) is 4.90 Å². The van der Waals surface area contributed by atoms with Crippen molar-refractivity contribution in [1.82, 2.24) is 4.90 Å². The van der Waals surface area contributed by atoms with Crippen molar-refractivity contribution in [3.05, 3.63) is 53.3 Å². The molecule has 3 heteroatoms. The van der Waals surface area contributed by atoms with Gasteiger partial charge in [0.15, 0.2) is 5.78 Å². The molecule has 2 bridgehead atoms. The summed E-state index contributed by atoms with van der Waals surface area (Å²) in [4.78, 5) is 14.4. The number of allylic oxidation sites excluding steroid dienone is 1. The van der Waals surface area contributed by atoms with Crippen LogP contribution in [0, 0.1) is 0 Å². The lowest BCUT2D eigenvalue weighted by atomic mass is 9.94. The fourth-order valence-electron chi connectivity index (χ4n) is 3.26. The lowest BCUT2D eigenvalue weighted by molar-refractivity contribution is -0.118. The van der Waals surface area contributed by atoms with E-state index in [1.807, 2.05) is 43.5 Å². The number of fused-ring (bicyclic) bond motifs is 2. The number of rotatable bonds is 2. The minimum atomic E-state index is 0.0849. The highest BCUT2D eigenvalue weighted by Crippen LogP contribution is 2.36. The van der Waals surface area contributed by atoms with Crippen molar-refractivity contribution < 1.29 is 9.90 Å². The van der Waals surface area contributed by atoms with E-state index >= 15 is 0 Å². The lowest BCUT2D eigenvalue weighted by Gasteiger charge is -2.32. The van der Waals surface area contributed by atoms with E-state index in [1.54, 1.807) is 6.08 Å². The fourth-order valence-corrected chi connectivity index (χ4v) is 3.26. The summed E-state index contributed by atoms with van der Waals surface area (Å²) in [5, 5.41) is 10.3. The highest BCUT2D eigenvalue weighted by atomic mass is 16.3. The van der Waals surface area contributed by atoms with E-state index in [9.17, 15) is 9.90 Å². The third-order valence-corrected chi connectivity index (χ3v) is 4.40. The van der Waals surface area contributed by atoms with Crippen molar-refractivity contribution in [3.63, 3.8) is 0 Å². The van der Waals surface area contributed by atoms with Gasteiger partial charge in [-0.1, -0.05) is 36.4 Å². The SMILES string of the molecule is CN1C2CCC1C(=C(O)C=Cc1ccccc1)C(=O)C2. The molecule has 2 aliphatic heterocycles. The first-order valence-electron chi connectivity index (χ1n) is 7.08. The highest BCUT2D eigenvalue weighted by Gasteiger charge is 2.42. The van der Waals surface area contributed by atoms with E-state index < -0.39 is 0 Å². The quantitative estimate of drug-likeness (QED) is 0.663. The fraction of sp³-hybridized carbons (Fsp3) is 0.353. The monoisotopic (exact) mass is 269 g/mol. The smallest absolute Gasteiger partial charge is 0.165 e. The second kappa shape index (κ2) is 5.25. The number of ketones is 1. The van der Waals surface area contributed by atoms with Crippen LogP contribution in [0.15, 0.2) is 47.7 Å². The largest absolute Gasteiger partial charge is 0.507 e. The first-order chi connectivity index (χ1) is 9.66. The minimum Gasteiger partial charge on any atom is -0.507 e. The Morgan fingerprint density at radius 3 is 2.80 bits per heavy atom. The van der Waals surface area contributed by atoms with Gasteiger partial charge in [0.05, 0.1) is 5.57 Å². The number of piperidine rings is 1. The number of carbonyl (C=O) groups is 1. The molecule has 0 spiro atoms. The van der Waals surface area contributed by atoms with Crippen LogP contribution in [0.2, 0.25) is 0 Å². The second-order valence-electron chi connectivity index (χ2n) is 5.58. The maximum Gasteiger partial charge on any atom is 0.165 e. The third kappa shape index (κ3) is 2.29. The van der Waals surface area contributed by atoms with Gasteiger partial charge < -0.3 is 5.11 Å². The van der Waals surface area contributed by atoms with Crippen molar-refractivity contribution in [3.8, 4) is 0 Å². The van der Waals surface area contributed by atoms with Crippen LogP contribution in [0.25, 0.3) is 6.08 Å². The Morgan fingerprint density at radius 2 is 2.05 bits per heavy atom. The Labute approximate surface area is 119 Å². The molecule has 0 aromatic heterocycles. The number of hydrogen-bond acceptors (Lipinski definition) is 3. The molecular formula is C17H19NO2. The molecular weight excluding hydrogens is 250 g/mol. The Balaban J connectivity index is 1.88. The van der Waals surface area contributed by atoms with Gasteiger partial charge in [0.2, 0.25) is 0 Å². The minimum absolute atomic E-state index is 0.0849. The van der Waals surface area contributed by atoms with Crippen molar-refractivity contribution in [2.75, 3.05) is 7.05 Å². The van der Waals surface area contributed by atoms with Crippen molar-refractivity contribution in [1.29, 1.82) is 0 Å². The Hall–Kier alpha value is -1.87. The van der Waals surface area contributed by atoms with Gasteiger partial charge in [-0.05, 0) is 31.5 Å². The van der Waals surface area contributed by atoms with Crippen LogP contribution < -0.4 is 0 Å². The molecule has 0 radical (unpaired) electrons. The average molecular weight is 269 g/mol. The van der Waals surface area contributed by atoms with Gasteiger partial charge in [0, 0.05) is 18.5 Å². The number of likely N-dealkylation sites (N-methyl/N-ethyl adjacent to an activating group) is 1. The van der Waals surface area contributed by atoms with E-state index in [0.29, 0.717) is 18.0 Å². The van der Waals surface area contributed by atoms with Crippen molar-refractivity contribution in [2.24, 2.45) is 0 Å². The normalized spacial score (nSPS) is 29.1. The summed E-state index contributed by atoms with van der Waals surface area (Å²) in [5.74, 6) is 0.224. The molecule has 2 fully saturated rings. The Morgan fingerprint density at radius 1 is 1.30 bits per heavy atom. The zero-order valence-electron chi connectivity index (χ0n) is 11.6. The molecule has 2 aliphatic rings. The van der Waals surface area contributed by atoms with Crippen LogP contribution in [-0.2, 0) is 4.79 Å². The van der Waals surface area contributed by atoms with Gasteiger partial charge >= 0.3 is 0 Å². The van der Waals surface area contributed by atoms with Gasteiger partial charge in [-0.15, -0.1) is 0 Å². The van der Waals surface area contributed by atoms with Crippen LogP contribution >= 0.6 is 0 Å². The Bertz CT molecular complexity index is 574. The van der Waals surface area contributed by atoms with Crippen LogP contribution in [0.1, 0.15) is 24.8 Å². The standard InChI is InChI=1S/C17H19NO2/c1-18-13-8-9-14(18)17(16(20)11-13)15(19)10-7-12-5-3-2-4-6-12/h2-7,10,13-14,19H,8-9,11H2,1H3. The van der Waals surface area contributed by atoms with Gasteiger partial charge in [0.1, 0.15) is 5.76 Å². The van der Waals surface area contributed by atoms with Crippen LogP contribution in [0.4, 0.5) is 0 Å². The molecule has 1 aromatic rings. The van der Waals surface area contributed by atoms with E-state index in [0.717, 1.165) is 18.4 Å². The van der Waals surface area contributed by atoms with Gasteiger partial charge in [-0.3, -0.25) is 9.69 Å². The molecule has 104 valence electrons. The molecule has 0 saturated carbocycles. The maximum absolute atomic E-state index is 12.2. The molecule has 2 saturated heterocycles. The molecule has 2 unspecified atom stereocenters. The van der Waals surface area contributed by atoms with Gasteiger partial charge in [-0.2, -0.15) is 0 Å². The number of aliphatic hydroxyl groups is 1. The number of nitrogens with zero attached hydrogens (tertiary/aromatic N) is 1. The number of aliphatic hydroxyl groups excluding tert-OH is 1. The topological polar surface area (TPSA) is 40.5 Å². The molecule has 3 rings (SSSR count). The number of carbonyl (C=O) groups excluding carboxylic acids is 1. The molecule has 20 heavy (non-hydrogen) atoms. The van der Waals surface area contributed by atoms with Gasteiger partial charge in [-0.25, -0.2) is 0 Å². The predicted molar refractivity (Wildman–Crippen MR) is 79.3 cm³/mol. The van der Waals surface area contributed by atoms with Crippen LogP contribution in [0.5, 0.6) is 0 Å². The zero-order valence-corrected chi connectivity index (χ0v) is 11.6. The molecule has 1 N–H and O–H groups in total. The third-order valence-electron chi connectivity index (χ3n) is 4.40. The average Bonchev–Trinajstić information content (AvgIpc) is 2.71. The van der Waals surface area contributed by atoms with Gasteiger partial charge in [0.25, 0.3) is 0 Å². The molecule has 1 aromatic carbocycles. The van der Waals surface area contributed by atoms with Crippen LogP contribution in [-0.4, -0.2) is 34.9 Å². The summed E-state index contributed by atoms with van der Waals surface area (Å²) < 4.78 is 0. The predicted octanol–water partition coefficient (Wildman–Crippen LogP) is 2.95. The summed E-state index contributed by atoms with van der Waals surface area (Å²) in [6.07, 6.45) is 6.04. The maximum atomic E-state index is 12.2. The Kier molecular flexibility index (Phi) is 3.45. The second-order valence-corrected chi connectivity index (χ2v) is 5.58. The summed E-state index contributed by atoms with van der Waals surface area (Å²) in [6.45, 7) is 0. The first-order valence-corrected chi connectivity index (χ1v) is 7.08. The molecule has 3 nitrogen and oxygen atoms in total.